The van der Waals surface area contributed by atoms with Crippen molar-refractivity contribution in [2.75, 3.05) is 0 Å². The van der Waals surface area contributed by atoms with E-state index >= 15 is 0 Å². The van der Waals surface area contributed by atoms with Gasteiger partial charge in [0.05, 0.1) is 5.92 Å². The number of hydrogen-bond donors (Lipinski definition) is 1. The van der Waals surface area contributed by atoms with E-state index in [4.69, 9.17) is 0 Å². The maximum absolute atomic E-state index is 13.1. The zero-order chi connectivity index (χ0) is 10.2. The summed E-state index contributed by atoms with van der Waals surface area (Å²) in [5, 5.41) is 2.82. The number of amides is 1. The van der Waals surface area contributed by atoms with Crippen LogP contribution in [0.3, 0.4) is 0 Å². The highest BCUT2D eigenvalue weighted by molar-refractivity contribution is 5.83. The molecule has 0 bridgehead atoms. The van der Waals surface area contributed by atoms with Gasteiger partial charge in [0, 0.05) is 6.04 Å². The fourth-order valence-corrected chi connectivity index (χ4v) is 1.20. The zero-order valence-corrected chi connectivity index (χ0v) is 8.73. The summed E-state index contributed by atoms with van der Waals surface area (Å²) in [6.45, 7) is 7.50. The molecule has 13 heavy (non-hydrogen) atoms. The van der Waals surface area contributed by atoms with Gasteiger partial charge in [0.15, 0.2) is 0 Å². The minimum atomic E-state index is -1.25. The highest BCUT2D eigenvalue weighted by Crippen LogP contribution is 2.46. The summed E-state index contributed by atoms with van der Waals surface area (Å²) >= 11 is 0. The quantitative estimate of drug-likeness (QED) is 0.718. The average Bonchev–Trinajstić information content (AvgIpc) is 2.59. The van der Waals surface area contributed by atoms with Crippen LogP contribution in [0, 0.1) is 11.8 Å². The second kappa shape index (κ2) is 3.28. The van der Waals surface area contributed by atoms with E-state index in [-0.39, 0.29) is 11.9 Å². The Kier molecular flexibility index (Phi) is 2.64. The highest BCUT2D eigenvalue weighted by Gasteiger charge is 2.55. The van der Waals surface area contributed by atoms with Crippen LogP contribution in [0.5, 0.6) is 0 Å². The summed E-state index contributed by atoms with van der Waals surface area (Å²) in [5.74, 6) is -0.145. The van der Waals surface area contributed by atoms with Crippen molar-refractivity contribution in [3.8, 4) is 0 Å². The SMILES string of the molecule is CC(C)[C@@H](C)NC(=O)[C@@H]1CC1(C)F. The largest absolute Gasteiger partial charge is 0.353 e. The van der Waals surface area contributed by atoms with Crippen molar-refractivity contribution in [3.63, 3.8) is 0 Å². The lowest BCUT2D eigenvalue weighted by Crippen LogP contribution is -2.38. The van der Waals surface area contributed by atoms with Gasteiger partial charge in [0.1, 0.15) is 5.67 Å². The molecule has 3 atom stereocenters. The predicted molar refractivity (Wildman–Crippen MR) is 50.1 cm³/mol. The zero-order valence-electron chi connectivity index (χ0n) is 8.73. The number of carbonyl (C=O) groups is 1. The van der Waals surface area contributed by atoms with Crippen LogP contribution < -0.4 is 5.32 Å². The number of carbonyl (C=O) groups excluding carboxylic acids is 1. The third-order valence-electron chi connectivity index (χ3n) is 2.86. The molecule has 1 amide bonds. The maximum atomic E-state index is 13.1. The van der Waals surface area contributed by atoms with E-state index in [9.17, 15) is 9.18 Å². The number of halogens is 1. The summed E-state index contributed by atoms with van der Waals surface area (Å²) in [6, 6.07) is 0.129. The normalized spacial score (nSPS) is 34.5. The molecule has 1 fully saturated rings. The molecule has 0 spiro atoms. The van der Waals surface area contributed by atoms with Crippen LogP contribution in [-0.2, 0) is 4.79 Å². The van der Waals surface area contributed by atoms with Crippen molar-refractivity contribution in [2.45, 2.75) is 45.8 Å². The molecule has 1 rings (SSSR count). The fraction of sp³-hybridized carbons (Fsp3) is 0.900. The van der Waals surface area contributed by atoms with Crippen LogP contribution in [0.1, 0.15) is 34.1 Å². The molecule has 1 saturated carbocycles. The van der Waals surface area contributed by atoms with E-state index in [0.29, 0.717) is 12.3 Å². The van der Waals surface area contributed by atoms with Crippen molar-refractivity contribution >= 4 is 5.91 Å². The Labute approximate surface area is 78.9 Å². The van der Waals surface area contributed by atoms with Crippen LogP contribution in [0.4, 0.5) is 4.39 Å². The Balaban J connectivity index is 2.35. The van der Waals surface area contributed by atoms with E-state index < -0.39 is 11.6 Å². The Hall–Kier alpha value is -0.600. The van der Waals surface area contributed by atoms with E-state index in [1.54, 1.807) is 0 Å². The van der Waals surface area contributed by atoms with E-state index in [1.165, 1.54) is 6.92 Å². The third-order valence-corrected chi connectivity index (χ3v) is 2.86. The Bertz CT molecular complexity index is 213. The number of hydrogen-bond acceptors (Lipinski definition) is 1. The Morgan fingerprint density at radius 2 is 2.00 bits per heavy atom. The molecule has 1 unspecified atom stereocenters. The molecule has 76 valence electrons. The van der Waals surface area contributed by atoms with Crippen LogP contribution in [0.25, 0.3) is 0 Å². The maximum Gasteiger partial charge on any atom is 0.226 e. The van der Waals surface area contributed by atoms with Gasteiger partial charge < -0.3 is 5.32 Å². The van der Waals surface area contributed by atoms with E-state index in [2.05, 4.69) is 5.32 Å². The first-order valence-corrected chi connectivity index (χ1v) is 4.84. The average molecular weight is 187 g/mol. The molecular weight excluding hydrogens is 169 g/mol. The van der Waals surface area contributed by atoms with Gasteiger partial charge >= 0.3 is 0 Å². The minimum absolute atomic E-state index is 0.129. The van der Waals surface area contributed by atoms with Gasteiger partial charge in [-0.25, -0.2) is 4.39 Å². The number of alkyl halides is 1. The van der Waals surface area contributed by atoms with Crippen LogP contribution in [-0.4, -0.2) is 17.6 Å². The second-order valence-electron chi connectivity index (χ2n) is 4.58. The lowest BCUT2D eigenvalue weighted by molar-refractivity contribution is -0.124. The van der Waals surface area contributed by atoms with Gasteiger partial charge in [0.2, 0.25) is 5.91 Å². The highest BCUT2D eigenvalue weighted by atomic mass is 19.1. The van der Waals surface area contributed by atoms with Crippen LogP contribution in [0.2, 0.25) is 0 Å². The molecule has 0 aromatic heterocycles. The fourth-order valence-electron chi connectivity index (χ4n) is 1.20. The molecule has 0 aromatic rings. The number of rotatable bonds is 3. The molecule has 3 heteroatoms. The van der Waals surface area contributed by atoms with Gasteiger partial charge in [-0.2, -0.15) is 0 Å². The first-order chi connectivity index (χ1) is 5.84. The van der Waals surface area contributed by atoms with Crippen molar-refractivity contribution in [2.24, 2.45) is 11.8 Å². The standard InChI is InChI=1S/C10H18FNO/c1-6(2)7(3)12-9(13)8-5-10(8,4)11/h6-8H,5H2,1-4H3,(H,12,13)/t7-,8+,10?/m1/s1. The summed E-state index contributed by atoms with van der Waals surface area (Å²) < 4.78 is 13.1. The third kappa shape index (κ3) is 2.42. The van der Waals surface area contributed by atoms with Gasteiger partial charge in [-0.15, -0.1) is 0 Å². The lowest BCUT2D eigenvalue weighted by atomic mass is 10.1. The molecule has 0 saturated heterocycles. The second-order valence-corrected chi connectivity index (χ2v) is 4.58. The molecule has 0 aromatic carbocycles. The van der Waals surface area contributed by atoms with Crippen molar-refractivity contribution in [3.05, 3.63) is 0 Å². The van der Waals surface area contributed by atoms with Crippen LogP contribution >= 0.6 is 0 Å². The topological polar surface area (TPSA) is 29.1 Å². The smallest absolute Gasteiger partial charge is 0.226 e. The summed E-state index contributed by atoms with van der Waals surface area (Å²) in [7, 11) is 0. The molecule has 1 aliphatic carbocycles. The minimum Gasteiger partial charge on any atom is -0.353 e. The molecule has 0 heterocycles. The molecule has 0 radical (unpaired) electrons. The Morgan fingerprint density at radius 3 is 2.31 bits per heavy atom. The molecule has 1 N–H and O–H groups in total. The van der Waals surface area contributed by atoms with Gasteiger partial charge in [-0.1, -0.05) is 13.8 Å². The first-order valence-electron chi connectivity index (χ1n) is 4.84. The van der Waals surface area contributed by atoms with Crippen molar-refractivity contribution in [1.82, 2.24) is 5.32 Å². The first kappa shape index (κ1) is 10.5. The molecular formula is C10H18FNO. The summed E-state index contributed by atoms with van der Waals surface area (Å²) in [4.78, 5) is 11.4. The summed E-state index contributed by atoms with van der Waals surface area (Å²) in [6.07, 6.45) is 0.379. The van der Waals surface area contributed by atoms with Crippen molar-refractivity contribution in [1.29, 1.82) is 0 Å². The van der Waals surface area contributed by atoms with E-state index in [1.807, 2.05) is 20.8 Å². The lowest BCUT2D eigenvalue weighted by Gasteiger charge is -2.17. The van der Waals surface area contributed by atoms with E-state index in [0.717, 1.165) is 0 Å². The predicted octanol–water partition coefficient (Wildman–Crippen LogP) is 1.90. The summed E-state index contributed by atoms with van der Waals surface area (Å²) in [5.41, 5.74) is -1.25. The van der Waals surface area contributed by atoms with Gasteiger partial charge in [-0.05, 0) is 26.2 Å². The molecule has 0 aliphatic heterocycles. The molecule has 1 aliphatic rings. The van der Waals surface area contributed by atoms with Crippen molar-refractivity contribution < 1.29 is 9.18 Å². The van der Waals surface area contributed by atoms with Gasteiger partial charge in [0.25, 0.3) is 0 Å². The van der Waals surface area contributed by atoms with Gasteiger partial charge in [-0.3, -0.25) is 4.79 Å². The molecule has 2 nitrogen and oxygen atoms in total. The van der Waals surface area contributed by atoms with Crippen LogP contribution in [0.15, 0.2) is 0 Å². The monoisotopic (exact) mass is 187 g/mol. The Morgan fingerprint density at radius 1 is 1.54 bits per heavy atom. The number of nitrogens with one attached hydrogen (secondary N) is 1.